The number of rotatable bonds is 7. The molecule has 2 rings (SSSR count). The molecule has 0 amide bonds. The van der Waals surface area contributed by atoms with Gasteiger partial charge in [0.1, 0.15) is 22.1 Å². The molecule has 1 unspecified atom stereocenters. The maximum Gasteiger partial charge on any atom is 0.244 e. The highest BCUT2D eigenvalue weighted by Crippen LogP contribution is 2.32. The van der Waals surface area contributed by atoms with Crippen LogP contribution < -0.4 is 18.9 Å². The van der Waals surface area contributed by atoms with E-state index in [1.165, 1.54) is 20.3 Å². The van der Waals surface area contributed by atoms with Gasteiger partial charge in [-0.25, -0.2) is 13.1 Å². The highest BCUT2D eigenvalue weighted by Gasteiger charge is 2.24. The van der Waals surface area contributed by atoms with E-state index in [0.29, 0.717) is 21.5 Å². The fraction of sp³-hybridized carbons (Fsp3) is 0.294. The van der Waals surface area contributed by atoms with Crippen LogP contribution >= 0.6 is 15.9 Å². The van der Waals surface area contributed by atoms with Gasteiger partial charge in [-0.3, -0.25) is 0 Å². The van der Waals surface area contributed by atoms with E-state index in [1.54, 1.807) is 44.4 Å². The van der Waals surface area contributed by atoms with Gasteiger partial charge in [0.05, 0.1) is 21.3 Å². The second-order valence-corrected chi connectivity index (χ2v) is 7.84. The topological polar surface area (TPSA) is 73.9 Å². The van der Waals surface area contributed by atoms with Crippen molar-refractivity contribution in [3.05, 3.63) is 46.4 Å². The van der Waals surface area contributed by atoms with Crippen molar-refractivity contribution >= 4 is 26.0 Å². The van der Waals surface area contributed by atoms with Crippen molar-refractivity contribution in [2.24, 2.45) is 0 Å². The lowest BCUT2D eigenvalue weighted by Gasteiger charge is -2.19. The molecule has 0 radical (unpaired) electrons. The first kappa shape index (κ1) is 19.6. The molecule has 1 atom stereocenters. The Morgan fingerprint density at radius 2 is 1.60 bits per heavy atom. The minimum atomic E-state index is -3.82. The molecule has 0 saturated heterocycles. The van der Waals surface area contributed by atoms with Gasteiger partial charge in [-0.2, -0.15) is 0 Å². The Morgan fingerprint density at radius 3 is 2.20 bits per heavy atom. The quantitative estimate of drug-likeness (QED) is 0.728. The van der Waals surface area contributed by atoms with Crippen LogP contribution in [0.1, 0.15) is 18.5 Å². The maximum absolute atomic E-state index is 12.8. The van der Waals surface area contributed by atoms with Crippen LogP contribution in [0, 0.1) is 0 Å². The van der Waals surface area contributed by atoms with E-state index in [-0.39, 0.29) is 10.6 Å². The Hall–Kier alpha value is -1.77. The van der Waals surface area contributed by atoms with Crippen LogP contribution in [0.3, 0.4) is 0 Å². The van der Waals surface area contributed by atoms with Crippen LogP contribution in [-0.4, -0.2) is 29.7 Å². The van der Waals surface area contributed by atoms with Crippen molar-refractivity contribution in [2.75, 3.05) is 21.3 Å². The third-order valence-corrected chi connectivity index (χ3v) is 5.71. The van der Waals surface area contributed by atoms with Gasteiger partial charge in [0.15, 0.2) is 0 Å². The van der Waals surface area contributed by atoms with Gasteiger partial charge < -0.3 is 14.2 Å². The van der Waals surface area contributed by atoms with Crippen molar-refractivity contribution < 1.29 is 22.6 Å². The number of benzene rings is 2. The first-order valence-electron chi connectivity index (χ1n) is 7.40. The smallest absolute Gasteiger partial charge is 0.244 e. The summed E-state index contributed by atoms with van der Waals surface area (Å²) in [6.45, 7) is 1.74. The lowest BCUT2D eigenvalue weighted by Crippen LogP contribution is -2.27. The molecule has 0 heterocycles. The zero-order valence-corrected chi connectivity index (χ0v) is 16.8. The molecule has 0 aliphatic carbocycles. The van der Waals surface area contributed by atoms with Gasteiger partial charge >= 0.3 is 0 Å². The molecular formula is C17H20BrNO5S. The summed E-state index contributed by atoms with van der Waals surface area (Å²) in [5.41, 5.74) is 0.666. The summed E-state index contributed by atoms with van der Waals surface area (Å²) >= 11 is 3.29. The van der Waals surface area contributed by atoms with Crippen LogP contribution in [-0.2, 0) is 10.0 Å². The Morgan fingerprint density at radius 1 is 0.960 bits per heavy atom. The van der Waals surface area contributed by atoms with E-state index in [2.05, 4.69) is 20.7 Å². The minimum Gasteiger partial charge on any atom is -0.497 e. The molecule has 0 bridgehead atoms. The molecule has 6 nitrogen and oxygen atoms in total. The predicted octanol–water partition coefficient (Wildman–Crippen LogP) is 3.51. The third-order valence-electron chi connectivity index (χ3n) is 3.65. The molecule has 0 saturated carbocycles. The summed E-state index contributed by atoms with van der Waals surface area (Å²) in [5, 5.41) is 0. The Bertz CT molecular complexity index is 854. The van der Waals surface area contributed by atoms with E-state index in [9.17, 15) is 8.42 Å². The van der Waals surface area contributed by atoms with E-state index in [1.807, 2.05) is 0 Å². The van der Waals surface area contributed by atoms with Crippen LogP contribution in [0.4, 0.5) is 0 Å². The molecule has 136 valence electrons. The summed E-state index contributed by atoms with van der Waals surface area (Å²) in [6.07, 6.45) is 0. The zero-order chi connectivity index (χ0) is 18.6. The minimum absolute atomic E-state index is 0.0538. The lowest BCUT2D eigenvalue weighted by atomic mass is 10.1. The molecule has 25 heavy (non-hydrogen) atoms. The Kier molecular flexibility index (Phi) is 6.31. The summed E-state index contributed by atoms with van der Waals surface area (Å²) in [5.74, 6) is 1.44. The lowest BCUT2D eigenvalue weighted by molar-refractivity contribution is 0.394. The molecule has 0 spiro atoms. The number of methoxy groups -OCH3 is 3. The monoisotopic (exact) mass is 429 g/mol. The average molecular weight is 430 g/mol. The van der Waals surface area contributed by atoms with Crippen LogP contribution in [0.5, 0.6) is 17.2 Å². The molecule has 0 fully saturated rings. The van der Waals surface area contributed by atoms with Crippen molar-refractivity contribution in [3.8, 4) is 17.2 Å². The van der Waals surface area contributed by atoms with Crippen molar-refractivity contribution in [3.63, 3.8) is 0 Å². The van der Waals surface area contributed by atoms with Crippen molar-refractivity contribution in [1.29, 1.82) is 0 Å². The van der Waals surface area contributed by atoms with Gasteiger partial charge in [-0.1, -0.05) is 15.9 Å². The van der Waals surface area contributed by atoms with Gasteiger partial charge in [0.25, 0.3) is 0 Å². The molecule has 0 aromatic heterocycles. The third kappa shape index (κ3) is 4.45. The zero-order valence-electron chi connectivity index (χ0n) is 14.4. The van der Waals surface area contributed by atoms with Gasteiger partial charge in [0, 0.05) is 16.1 Å². The van der Waals surface area contributed by atoms with Crippen LogP contribution in [0.2, 0.25) is 0 Å². The highest BCUT2D eigenvalue weighted by molar-refractivity contribution is 9.10. The first-order chi connectivity index (χ1) is 11.8. The second-order valence-electron chi connectivity index (χ2n) is 5.25. The largest absolute Gasteiger partial charge is 0.497 e. The Balaban J connectivity index is 2.40. The maximum atomic E-state index is 12.8. The standard InChI is InChI=1S/C17H20BrNO5S/c1-11(14-10-13(22-2)6-8-15(14)23-3)19-25(20,21)17-9-12(18)5-7-16(17)24-4/h5-11,19H,1-4H3. The fourth-order valence-electron chi connectivity index (χ4n) is 2.40. The first-order valence-corrected chi connectivity index (χ1v) is 9.67. The summed E-state index contributed by atoms with van der Waals surface area (Å²) < 4.78 is 44.6. The molecule has 8 heteroatoms. The molecular weight excluding hydrogens is 410 g/mol. The number of nitrogens with one attached hydrogen (secondary N) is 1. The molecule has 2 aromatic rings. The normalized spacial score (nSPS) is 12.5. The van der Waals surface area contributed by atoms with Crippen LogP contribution in [0.15, 0.2) is 45.8 Å². The van der Waals surface area contributed by atoms with Crippen LogP contribution in [0.25, 0.3) is 0 Å². The summed E-state index contributed by atoms with van der Waals surface area (Å²) in [6, 6.07) is 9.49. The second kappa shape index (κ2) is 8.07. The van der Waals surface area contributed by atoms with Gasteiger partial charge in [-0.15, -0.1) is 0 Å². The van der Waals surface area contributed by atoms with E-state index in [0.717, 1.165) is 0 Å². The van der Waals surface area contributed by atoms with Crippen molar-refractivity contribution in [2.45, 2.75) is 17.9 Å². The van der Waals surface area contributed by atoms with E-state index in [4.69, 9.17) is 14.2 Å². The highest BCUT2D eigenvalue weighted by atomic mass is 79.9. The molecule has 1 N–H and O–H groups in total. The van der Waals surface area contributed by atoms with E-state index >= 15 is 0 Å². The molecule has 0 aliphatic rings. The summed E-state index contributed by atoms with van der Waals surface area (Å²) in [7, 11) is 0.689. The number of hydrogen-bond acceptors (Lipinski definition) is 5. The number of ether oxygens (including phenoxy) is 3. The van der Waals surface area contributed by atoms with Gasteiger partial charge in [0.2, 0.25) is 10.0 Å². The number of hydrogen-bond donors (Lipinski definition) is 1. The number of halogens is 1. The van der Waals surface area contributed by atoms with Gasteiger partial charge in [-0.05, 0) is 43.3 Å². The molecule has 0 aliphatic heterocycles. The molecule has 2 aromatic carbocycles. The SMILES string of the molecule is COc1ccc(OC)c(C(C)NS(=O)(=O)c2cc(Br)ccc2OC)c1. The predicted molar refractivity (Wildman–Crippen MR) is 99.0 cm³/mol. The fourth-order valence-corrected chi connectivity index (χ4v) is 4.33. The van der Waals surface area contributed by atoms with E-state index < -0.39 is 16.1 Å². The Labute approximate surface area is 156 Å². The average Bonchev–Trinajstić information content (AvgIpc) is 2.60. The van der Waals surface area contributed by atoms with Crippen molar-refractivity contribution in [1.82, 2.24) is 4.72 Å². The summed E-state index contributed by atoms with van der Waals surface area (Å²) in [4.78, 5) is 0.0538. The number of sulfonamides is 1.